The standard InChI is InChI=1S/C83H140N4O61/c1-19-41(104)51(114)56(119)75(129-19)140-64-34(16-95)136-74(40(87-25(7)99)68(64)144-81-71(55(118)46(109)30(12-91)134-81)147-77-58(121)53(116)43(106)21(3)131-77)146-70-50(113)35(137-80(61(70)124)139-62(29(103)11-90)44(107)27(101)9-88)17-127-72-39(86-24(6)98)67(143-76-57(120)52(115)42(105)20(2)130-76)63(33(15-94)135-72)141-79-60(123)69(49(112)32(14-93)133-79)145-73-38(85-23(5)97)65(48(111)31(13-92)132-73)142-78-59(122)54(117)47(110)36(138-78)18-128-83(82(125)126)8-26(100)37(84-22(4)96)66(148-83)45(108)28(102)10-89/h19-21,26-81,88-95,100-124H,8-18H2,1-7H3,(H,84,96)(H,85,97)(H,86,98)(H,87,99)(H,125,126)/t19-,20-,21-,26-,27-,28+,29+,30+,31+,32+,33+,34+,35+,36+,37+,38+,39+,40+,41+,42+,43+,44+,45+,46-,47-,48+,49-,50-,51+,52+,53+,54-,55-,56-,57-,58-,59+,60+,61+,62+,63+,64+,65+,66+,67+,68+,69-,70-,71+,72+,73-,74-,75-,76-,77-,78-,79-,80-,81-,83+/m0/s1. The van der Waals surface area contributed by atoms with Crippen LogP contribution in [0.15, 0.2) is 0 Å². The van der Waals surface area contributed by atoms with Crippen molar-refractivity contribution in [2.75, 3.05) is 66.1 Å². The van der Waals surface area contributed by atoms with Gasteiger partial charge >= 0.3 is 5.97 Å². The van der Waals surface area contributed by atoms with E-state index in [4.69, 9.17) is 104 Å². The average Bonchev–Trinajstić information content (AvgIpc) is 0.778. The van der Waals surface area contributed by atoms with E-state index >= 15 is 0 Å². The maximum Gasteiger partial charge on any atom is 0.364 e. The summed E-state index contributed by atoms with van der Waals surface area (Å²) < 4.78 is 133. The molecule has 148 heavy (non-hydrogen) atoms. The molecule has 0 bridgehead atoms. The highest BCUT2D eigenvalue weighted by atomic mass is 16.8. The minimum absolute atomic E-state index is 0.851. The van der Waals surface area contributed by atoms with Gasteiger partial charge in [-0.3, -0.25) is 19.2 Å². The average molecular weight is 2170 g/mol. The maximum absolute atomic E-state index is 13.9. The lowest BCUT2D eigenvalue weighted by Gasteiger charge is -2.52. The van der Waals surface area contributed by atoms with Gasteiger partial charge < -0.3 is 299 Å². The Labute approximate surface area is 838 Å². The van der Waals surface area contributed by atoms with Gasteiger partial charge in [0, 0.05) is 34.1 Å². The largest absolute Gasteiger partial charge is 0.477 e. The van der Waals surface area contributed by atoms with Gasteiger partial charge in [-0.2, -0.15) is 0 Å². The van der Waals surface area contributed by atoms with E-state index in [1.165, 1.54) is 20.8 Å². The van der Waals surface area contributed by atoms with Gasteiger partial charge in [-0.25, -0.2) is 4.79 Å². The van der Waals surface area contributed by atoms with Crippen molar-refractivity contribution in [3.63, 3.8) is 0 Å². The van der Waals surface area contributed by atoms with Crippen LogP contribution in [0.25, 0.3) is 0 Å². The third-order valence-corrected chi connectivity index (χ3v) is 27.2. The number of carboxylic acids is 1. The Morgan fingerprint density at radius 2 is 0.622 bits per heavy atom. The van der Waals surface area contributed by atoms with Crippen LogP contribution < -0.4 is 21.3 Å². The summed E-state index contributed by atoms with van der Waals surface area (Å²) in [6.07, 6.45) is -123. The first kappa shape index (κ1) is 123. The minimum Gasteiger partial charge on any atom is -0.477 e. The molecule has 11 aliphatic heterocycles. The number of nitrogens with one attached hydrogen (secondary N) is 4. The van der Waals surface area contributed by atoms with E-state index in [9.17, 15) is 198 Å². The Bertz CT molecular complexity index is 4130. The summed E-state index contributed by atoms with van der Waals surface area (Å²) in [5, 5.41) is 391. The Morgan fingerprint density at radius 1 is 0.304 bits per heavy atom. The molecule has 0 aromatic heterocycles. The lowest BCUT2D eigenvalue weighted by Crippen LogP contribution is -2.72. The first-order valence-electron chi connectivity index (χ1n) is 47.3. The van der Waals surface area contributed by atoms with Crippen LogP contribution >= 0.6 is 0 Å². The Kier molecular flexibility index (Phi) is 44.6. The third kappa shape index (κ3) is 27.4. The van der Waals surface area contributed by atoms with Crippen molar-refractivity contribution in [3.05, 3.63) is 0 Å². The second-order valence-corrected chi connectivity index (χ2v) is 37.8. The zero-order valence-corrected chi connectivity index (χ0v) is 80.1. The smallest absolute Gasteiger partial charge is 0.364 e. The second kappa shape index (κ2) is 53.5. The molecule has 38 N–H and O–H groups in total. The molecule has 11 heterocycles. The van der Waals surface area contributed by atoms with Crippen LogP contribution in [0.2, 0.25) is 0 Å². The molecule has 11 saturated heterocycles. The van der Waals surface area contributed by atoms with Crippen LogP contribution in [0.4, 0.5) is 0 Å². The Morgan fingerprint density at radius 3 is 1.07 bits per heavy atom. The van der Waals surface area contributed by atoms with Gasteiger partial charge in [0.2, 0.25) is 23.6 Å². The molecule has 858 valence electrons. The molecule has 0 aromatic carbocycles. The quantitative estimate of drug-likeness (QED) is 0.0270. The van der Waals surface area contributed by atoms with Crippen LogP contribution in [0, 0.1) is 0 Å². The van der Waals surface area contributed by atoms with Crippen LogP contribution in [0.3, 0.4) is 0 Å². The summed E-state index contributed by atoms with van der Waals surface area (Å²) in [4.78, 5) is 66.5. The van der Waals surface area contributed by atoms with Crippen LogP contribution in [0.5, 0.6) is 0 Å². The van der Waals surface area contributed by atoms with Gasteiger partial charge in [0.15, 0.2) is 62.9 Å². The fraction of sp³-hybridized carbons (Fsp3) is 0.940. The van der Waals surface area contributed by atoms with E-state index in [2.05, 4.69) is 21.3 Å². The summed E-state index contributed by atoms with van der Waals surface area (Å²) in [6.45, 7) is -5.80. The Hall–Kier alpha value is -4.85. The summed E-state index contributed by atoms with van der Waals surface area (Å²) in [6, 6.07) is -8.20. The number of aliphatic carboxylic acids is 1. The number of rotatable bonds is 42. The second-order valence-electron chi connectivity index (χ2n) is 37.8. The molecule has 11 fully saturated rings. The summed E-state index contributed by atoms with van der Waals surface area (Å²) in [5.41, 5.74) is 0. The SMILES string of the molecule is CC(=O)N[C@H]1[C@H](O[C@H]2[C@@H](O)[C@@H](CO[C@@H]3O[C@H](CO)[C@@H](O[C@@H]4O[C@H](CO)[C@H](O)[C@H](O[C@@H]5O[C@H](CO)[C@@H](O)[C@H](O[C@@H]6O[C@H](CO[C@]7(C(=O)O)C[C@H](O)[C@@H](NC(C)=O)[C@H]([C@H](O)[C@H](O)CO)O7)[C@H](O)[C@H](O)[C@H]6O)[C@H]5NC(C)=O)[C@H]4O)[C@H](O[C@@H]4O[C@@H](C)[C@@H](O)[C@@H](O)[C@@H]4O)[C@H]3NC(C)=O)O[C@@H](O[C@@H]([C@H](O)[C@@H](O)CO)[C@H](O)CO)[C@@H]2O)O[C@H](CO)[C@@H](O[C@@H]2O[C@@H](C)[C@@H](O)[C@@H](O)[C@@H]2O)[C@@H]1O[C@@H]1O[C@H](CO)[C@H](O)[C@H](O)[C@H]1O[C@@H]1O[C@@H](C)[C@@H](O)[C@@H](O)[C@@H]1O. The zero-order chi connectivity index (χ0) is 110. The van der Waals surface area contributed by atoms with Gasteiger partial charge in [-0.15, -0.1) is 0 Å². The van der Waals surface area contributed by atoms with E-state index in [1.54, 1.807) is 0 Å². The number of ether oxygens (including phenoxy) is 22. The first-order chi connectivity index (χ1) is 69.7. The van der Waals surface area contributed by atoms with Crippen molar-refractivity contribution in [1.29, 1.82) is 0 Å². The van der Waals surface area contributed by atoms with Gasteiger partial charge in [-0.05, 0) is 20.8 Å². The van der Waals surface area contributed by atoms with Crippen molar-refractivity contribution in [2.24, 2.45) is 0 Å². The lowest BCUT2D eigenvalue weighted by molar-refractivity contribution is -0.400. The highest BCUT2D eigenvalue weighted by Gasteiger charge is 2.65. The highest BCUT2D eigenvalue weighted by Crippen LogP contribution is 2.44. The molecular weight excluding hydrogens is 2030 g/mol. The molecular formula is C83H140N4O61. The normalized spacial score (nSPS) is 47.5. The van der Waals surface area contributed by atoms with Crippen molar-refractivity contribution in [3.8, 4) is 0 Å². The van der Waals surface area contributed by atoms with Crippen molar-refractivity contribution in [1.82, 2.24) is 21.3 Å². The van der Waals surface area contributed by atoms with Crippen molar-refractivity contribution >= 4 is 29.6 Å². The maximum atomic E-state index is 13.9. The summed E-state index contributed by atoms with van der Waals surface area (Å²) >= 11 is 0. The summed E-state index contributed by atoms with van der Waals surface area (Å²) in [5.74, 6) is -9.37. The van der Waals surface area contributed by atoms with E-state index in [0.717, 1.165) is 27.7 Å². The van der Waals surface area contributed by atoms with Crippen LogP contribution in [-0.4, -0.2) is 637 Å². The van der Waals surface area contributed by atoms with Crippen LogP contribution in [-0.2, 0) is 128 Å². The monoisotopic (exact) mass is 2170 g/mol. The van der Waals surface area contributed by atoms with Crippen molar-refractivity contribution in [2.45, 2.75) is 422 Å². The van der Waals surface area contributed by atoms with E-state index in [-0.39, 0.29) is 0 Å². The van der Waals surface area contributed by atoms with Crippen LogP contribution in [0.1, 0.15) is 54.9 Å². The number of aliphatic hydroxyl groups excluding tert-OH is 33. The number of hydrogen-bond donors (Lipinski definition) is 38. The molecule has 0 saturated carbocycles. The van der Waals surface area contributed by atoms with E-state index in [0.29, 0.717) is 0 Å². The van der Waals surface area contributed by atoms with E-state index in [1.807, 2.05) is 0 Å². The minimum atomic E-state index is -3.14. The molecule has 4 amide bonds. The predicted molar refractivity (Wildman–Crippen MR) is 457 cm³/mol. The fourth-order valence-corrected chi connectivity index (χ4v) is 18.9. The number of carboxylic acid groups (broad SMARTS) is 1. The van der Waals surface area contributed by atoms with Crippen molar-refractivity contribution < 1.29 is 302 Å². The number of amides is 4. The molecule has 0 aliphatic carbocycles. The van der Waals surface area contributed by atoms with E-state index < -0.39 is 470 Å². The number of carbonyl (C=O) groups excluding carboxylic acids is 4. The molecule has 65 heteroatoms. The molecule has 0 spiro atoms. The lowest BCUT2D eigenvalue weighted by atomic mass is 9.88. The highest BCUT2D eigenvalue weighted by molar-refractivity contribution is 5.77. The van der Waals surface area contributed by atoms with Gasteiger partial charge in [0.25, 0.3) is 5.79 Å². The predicted octanol–water partition coefficient (Wildman–Crippen LogP) is -24.7. The number of hydrogen-bond acceptors (Lipinski definition) is 60. The molecule has 0 radical (unpaired) electrons. The molecule has 0 aromatic rings. The molecule has 65 nitrogen and oxygen atoms in total. The molecule has 0 unspecified atom stereocenters. The zero-order valence-electron chi connectivity index (χ0n) is 80.1. The summed E-state index contributed by atoms with van der Waals surface area (Å²) in [7, 11) is 0. The fourth-order valence-electron chi connectivity index (χ4n) is 18.9. The van der Waals surface area contributed by atoms with Gasteiger partial charge in [0.05, 0.1) is 96.5 Å². The first-order valence-corrected chi connectivity index (χ1v) is 47.3. The Balaban J connectivity index is 0.922. The number of aliphatic hydroxyl groups is 33. The molecule has 60 atom stereocenters. The molecule has 11 rings (SSSR count). The molecule has 11 aliphatic rings. The third-order valence-electron chi connectivity index (χ3n) is 27.2. The number of carbonyl (C=O) groups is 5. The van der Waals surface area contributed by atoms with Gasteiger partial charge in [-0.1, -0.05) is 0 Å². The van der Waals surface area contributed by atoms with Gasteiger partial charge in [0.1, 0.15) is 268 Å². The topological polar surface area (TPSA) is 1020 Å².